The lowest BCUT2D eigenvalue weighted by Gasteiger charge is -2.08. The highest BCUT2D eigenvalue weighted by atomic mass is 35.5. The first-order valence-corrected chi connectivity index (χ1v) is 8.94. The molecule has 1 atom stereocenters. The van der Waals surface area contributed by atoms with Crippen molar-refractivity contribution in [2.24, 2.45) is 0 Å². The zero-order chi connectivity index (χ0) is 14.5. The molecule has 2 aromatic rings. The second-order valence-electron chi connectivity index (χ2n) is 4.33. The average molecular weight is 328 g/mol. The van der Waals surface area contributed by atoms with Crippen LogP contribution >= 0.6 is 22.9 Å². The van der Waals surface area contributed by atoms with E-state index in [0.29, 0.717) is 22.9 Å². The normalized spacial score (nSPS) is 12.1. The number of hydrogen-bond donors (Lipinski definition) is 1. The Balaban J connectivity index is 2.05. The van der Waals surface area contributed by atoms with Crippen LogP contribution in [0.5, 0.6) is 0 Å². The van der Waals surface area contributed by atoms with E-state index >= 15 is 0 Å². The minimum Gasteiger partial charge on any atom is -0.326 e. The molecule has 6 heteroatoms. The summed E-state index contributed by atoms with van der Waals surface area (Å²) in [6.45, 7) is 0. The third-order valence-electron chi connectivity index (χ3n) is 2.60. The topological polar surface area (TPSA) is 46.2 Å². The van der Waals surface area contributed by atoms with Crippen LogP contribution < -0.4 is 5.32 Å². The van der Waals surface area contributed by atoms with Crippen molar-refractivity contribution in [3.63, 3.8) is 0 Å². The summed E-state index contributed by atoms with van der Waals surface area (Å²) in [7, 11) is -0.969. The summed E-state index contributed by atoms with van der Waals surface area (Å²) in [6.07, 6.45) is 1.98. The summed E-state index contributed by atoms with van der Waals surface area (Å²) in [4.78, 5) is 12.9. The van der Waals surface area contributed by atoms with Gasteiger partial charge in [0.25, 0.3) is 0 Å². The van der Waals surface area contributed by atoms with Gasteiger partial charge in [-0.25, -0.2) is 0 Å². The number of thiophene rings is 1. The molecule has 20 heavy (non-hydrogen) atoms. The molecule has 1 N–H and O–H groups in total. The van der Waals surface area contributed by atoms with Crippen LogP contribution in [0.25, 0.3) is 0 Å². The van der Waals surface area contributed by atoms with E-state index in [1.807, 2.05) is 17.5 Å². The molecule has 0 saturated heterocycles. The van der Waals surface area contributed by atoms with Gasteiger partial charge < -0.3 is 5.32 Å². The number of halogens is 1. The molecule has 0 aliphatic heterocycles. The third kappa shape index (κ3) is 4.44. The van der Waals surface area contributed by atoms with E-state index in [4.69, 9.17) is 11.6 Å². The fourth-order valence-electron chi connectivity index (χ4n) is 1.76. The van der Waals surface area contributed by atoms with Gasteiger partial charge in [0.1, 0.15) is 0 Å². The molecule has 0 aliphatic rings. The smallest absolute Gasteiger partial charge is 0.229 e. The SMILES string of the molecule is C[S@@](=O)Cc1cc(NC(=O)Cc2cccs2)ccc1Cl. The maximum absolute atomic E-state index is 11.9. The molecule has 1 aromatic heterocycles. The first kappa shape index (κ1) is 15.2. The largest absolute Gasteiger partial charge is 0.326 e. The van der Waals surface area contributed by atoms with Gasteiger partial charge in [-0.15, -0.1) is 11.3 Å². The lowest BCUT2D eigenvalue weighted by atomic mass is 10.2. The van der Waals surface area contributed by atoms with E-state index in [1.165, 1.54) is 0 Å². The number of benzene rings is 1. The minimum atomic E-state index is -0.969. The van der Waals surface area contributed by atoms with Crippen molar-refractivity contribution in [1.29, 1.82) is 0 Å². The van der Waals surface area contributed by atoms with Crippen LogP contribution in [0, 0.1) is 0 Å². The van der Waals surface area contributed by atoms with E-state index in [-0.39, 0.29) is 5.91 Å². The third-order valence-corrected chi connectivity index (χ3v) is 4.57. The van der Waals surface area contributed by atoms with E-state index in [1.54, 1.807) is 35.8 Å². The van der Waals surface area contributed by atoms with Gasteiger partial charge in [0, 0.05) is 38.4 Å². The van der Waals surface area contributed by atoms with Gasteiger partial charge in [-0.05, 0) is 35.2 Å². The molecule has 3 nitrogen and oxygen atoms in total. The zero-order valence-electron chi connectivity index (χ0n) is 10.9. The fraction of sp³-hybridized carbons (Fsp3) is 0.214. The number of carbonyl (C=O) groups excluding carboxylic acids is 1. The number of nitrogens with one attached hydrogen (secondary N) is 1. The van der Waals surface area contributed by atoms with Crippen molar-refractivity contribution in [3.05, 3.63) is 51.2 Å². The number of hydrogen-bond acceptors (Lipinski definition) is 3. The fourth-order valence-corrected chi connectivity index (χ4v) is 3.40. The van der Waals surface area contributed by atoms with Crippen molar-refractivity contribution >= 4 is 45.3 Å². The van der Waals surface area contributed by atoms with Crippen LogP contribution in [0.15, 0.2) is 35.7 Å². The lowest BCUT2D eigenvalue weighted by molar-refractivity contribution is -0.115. The first-order valence-electron chi connectivity index (χ1n) is 5.95. The van der Waals surface area contributed by atoms with E-state index in [9.17, 15) is 9.00 Å². The molecule has 1 heterocycles. The molecule has 2 rings (SSSR count). The standard InChI is InChI=1S/C14H14ClNO2S2/c1-20(18)9-10-7-11(4-5-13(10)15)16-14(17)8-12-3-2-6-19-12/h2-7H,8-9H2,1H3,(H,16,17)/t20-/m1/s1. The molecule has 0 spiro atoms. The molecule has 0 fully saturated rings. The molecule has 0 aliphatic carbocycles. The van der Waals surface area contributed by atoms with Crippen LogP contribution in [0.2, 0.25) is 5.02 Å². The summed E-state index contributed by atoms with van der Waals surface area (Å²) in [5.74, 6) is 0.311. The number of carbonyl (C=O) groups is 1. The highest BCUT2D eigenvalue weighted by molar-refractivity contribution is 7.83. The average Bonchev–Trinajstić information content (AvgIpc) is 2.85. The number of rotatable bonds is 5. The Hall–Kier alpha value is -1.17. The van der Waals surface area contributed by atoms with Crippen LogP contribution in [0.3, 0.4) is 0 Å². The highest BCUT2D eigenvalue weighted by Gasteiger charge is 2.08. The van der Waals surface area contributed by atoms with Gasteiger partial charge in [-0.2, -0.15) is 0 Å². The van der Waals surface area contributed by atoms with Gasteiger partial charge in [0.05, 0.1) is 6.42 Å². The molecular weight excluding hydrogens is 314 g/mol. The van der Waals surface area contributed by atoms with Gasteiger partial charge in [0.15, 0.2) is 0 Å². The predicted octanol–water partition coefficient (Wildman–Crippen LogP) is 3.46. The van der Waals surface area contributed by atoms with Gasteiger partial charge >= 0.3 is 0 Å². The minimum absolute atomic E-state index is 0.0710. The molecule has 0 saturated carbocycles. The predicted molar refractivity (Wildman–Crippen MR) is 85.9 cm³/mol. The number of anilines is 1. The van der Waals surface area contributed by atoms with Gasteiger partial charge in [-0.1, -0.05) is 17.7 Å². The van der Waals surface area contributed by atoms with Crippen LogP contribution in [-0.4, -0.2) is 16.4 Å². The Kier molecular flexibility index (Phi) is 5.34. The van der Waals surface area contributed by atoms with Crippen LogP contribution in [0.4, 0.5) is 5.69 Å². The second kappa shape index (κ2) is 7.02. The Morgan fingerprint density at radius 3 is 2.85 bits per heavy atom. The molecule has 0 radical (unpaired) electrons. The Bertz CT molecular complexity index is 626. The quantitative estimate of drug-likeness (QED) is 0.914. The Morgan fingerprint density at radius 1 is 1.40 bits per heavy atom. The highest BCUT2D eigenvalue weighted by Crippen LogP contribution is 2.22. The maximum Gasteiger partial charge on any atom is 0.229 e. The second-order valence-corrected chi connectivity index (χ2v) is 7.20. The first-order chi connectivity index (χ1) is 9.54. The van der Waals surface area contributed by atoms with E-state index < -0.39 is 10.8 Å². The van der Waals surface area contributed by atoms with Gasteiger partial charge in [0.2, 0.25) is 5.91 Å². The monoisotopic (exact) mass is 327 g/mol. The van der Waals surface area contributed by atoms with Crippen LogP contribution in [0.1, 0.15) is 10.4 Å². The van der Waals surface area contributed by atoms with Crippen LogP contribution in [-0.2, 0) is 27.8 Å². The molecule has 106 valence electrons. The molecule has 1 aromatic carbocycles. The Labute approximate surface area is 129 Å². The van der Waals surface area contributed by atoms with E-state index in [0.717, 1.165) is 10.4 Å². The summed E-state index contributed by atoms with van der Waals surface area (Å²) in [6, 6.07) is 9.08. The summed E-state index contributed by atoms with van der Waals surface area (Å²) in [5, 5.41) is 5.34. The molecule has 0 unspecified atom stereocenters. The molecule has 1 amide bonds. The van der Waals surface area contributed by atoms with Gasteiger partial charge in [-0.3, -0.25) is 9.00 Å². The number of amides is 1. The van der Waals surface area contributed by atoms with Crippen molar-refractivity contribution in [2.45, 2.75) is 12.2 Å². The van der Waals surface area contributed by atoms with Crippen molar-refractivity contribution in [1.82, 2.24) is 0 Å². The summed E-state index contributed by atoms with van der Waals surface area (Å²) in [5.41, 5.74) is 1.46. The van der Waals surface area contributed by atoms with Crippen molar-refractivity contribution in [3.8, 4) is 0 Å². The summed E-state index contributed by atoms with van der Waals surface area (Å²) >= 11 is 7.60. The zero-order valence-corrected chi connectivity index (χ0v) is 13.3. The lowest BCUT2D eigenvalue weighted by Crippen LogP contribution is -2.13. The van der Waals surface area contributed by atoms with Crippen molar-refractivity contribution < 1.29 is 9.00 Å². The molecule has 0 bridgehead atoms. The molecular formula is C14H14ClNO2S2. The Morgan fingerprint density at radius 2 is 2.20 bits per heavy atom. The van der Waals surface area contributed by atoms with E-state index in [2.05, 4.69) is 5.32 Å². The van der Waals surface area contributed by atoms with Crippen molar-refractivity contribution in [2.75, 3.05) is 11.6 Å². The summed E-state index contributed by atoms with van der Waals surface area (Å²) < 4.78 is 11.3. The maximum atomic E-state index is 11.9.